The third kappa shape index (κ3) is 1.65. The summed E-state index contributed by atoms with van der Waals surface area (Å²) in [7, 11) is 0. The van der Waals surface area contributed by atoms with Crippen molar-refractivity contribution in [2.24, 2.45) is 5.92 Å². The average molecular weight is 382 g/mol. The molecule has 4 aliphatic rings. The molecular weight excluding hydrogens is 368 g/mol. The molecular formula is C16H14N8O4. The van der Waals surface area contributed by atoms with Crippen LogP contribution in [0.25, 0.3) is 22.3 Å². The van der Waals surface area contributed by atoms with Crippen LogP contribution in [0.2, 0.25) is 0 Å². The first-order chi connectivity index (χ1) is 13.5. The van der Waals surface area contributed by atoms with Crippen molar-refractivity contribution in [2.45, 2.75) is 33.4 Å². The first kappa shape index (κ1) is 15.4. The van der Waals surface area contributed by atoms with Gasteiger partial charge in [-0.1, -0.05) is 6.92 Å². The molecule has 8 rings (SSSR count). The first-order valence-corrected chi connectivity index (χ1v) is 8.82. The van der Waals surface area contributed by atoms with Crippen LogP contribution in [0.3, 0.4) is 0 Å². The normalized spacial score (nSPS) is 14.1. The highest BCUT2D eigenvalue weighted by Gasteiger charge is 2.27. The second-order valence-corrected chi connectivity index (χ2v) is 7.41. The van der Waals surface area contributed by atoms with Gasteiger partial charge in [-0.05, 0) is 5.92 Å². The van der Waals surface area contributed by atoms with Crippen molar-refractivity contribution in [3.8, 4) is 0 Å². The van der Waals surface area contributed by atoms with Gasteiger partial charge in [0.1, 0.15) is 13.3 Å². The quantitative estimate of drug-likeness (QED) is 0.348. The van der Waals surface area contributed by atoms with Gasteiger partial charge in [0.05, 0.1) is 12.7 Å². The second-order valence-electron chi connectivity index (χ2n) is 7.41. The molecule has 0 aromatic carbocycles. The van der Waals surface area contributed by atoms with E-state index < -0.39 is 0 Å². The molecule has 0 saturated heterocycles. The molecule has 0 atom stereocenters. The van der Waals surface area contributed by atoms with E-state index in [2.05, 4.69) is 9.97 Å². The van der Waals surface area contributed by atoms with Crippen LogP contribution in [0, 0.1) is 5.92 Å². The van der Waals surface area contributed by atoms with Crippen LogP contribution in [0.5, 0.6) is 0 Å². The Balaban J connectivity index is 1.36. The third-order valence-corrected chi connectivity index (χ3v) is 5.55. The molecule has 0 N–H and O–H groups in total. The Hall–Kier alpha value is -3.70. The molecule has 142 valence electrons. The van der Waals surface area contributed by atoms with E-state index in [0.717, 1.165) is 0 Å². The molecule has 0 radical (unpaired) electrons. The van der Waals surface area contributed by atoms with Crippen LogP contribution in [-0.2, 0) is 26.4 Å². The highest BCUT2D eigenvalue weighted by Crippen LogP contribution is 2.16. The lowest BCUT2D eigenvalue weighted by atomic mass is 10.1. The van der Waals surface area contributed by atoms with Crippen molar-refractivity contribution < 1.29 is 0 Å². The molecule has 12 nitrogen and oxygen atoms in total. The Kier molecular flexibility index (Phi) is 2.62. The van der Waals surface area contributed by atoms with E-state index >= 15 is 0 Å². The summed E-state index contributed by atoms with van der Waals surface area (Å²) < 4.78 is 8.79. The molecule has 4 bridgehead atoms. The Labute approximate surface area is 154 Å². The topological polar surface area (TPSA) is 124 Å². The lowest BCUT2D eigenvalue weighted by Gasteiger charge is -2.21. The van der Waals surface area contributed by atoms with Crippen molar-refractivity contribution in [2.75, 3.05) is 0 Å². The molecule has 0 spiro atoms. The molecule has 0 unspecified atom stereocenters. The molecule has 28 heavy (non-hydrogen) atoms. The van der Waals surface area contributed by atoms with Gasteiger partial charge in [0.15, 0.2) is 22.3 Å². The Morgan fingerprint density at radius 2 is 1.21 bits per heavy atom. The van der Waals surface area contributed by atoms with E-state index in [1.807, 2.05) is 6.92 Å². The minimum absolute atomic E-state index is 0.0371. The van der Waals surface area contributed by atoms with E-state index in [-0.39, 0.29) is 41.8 Å². The van der Waals surface area contributed by atoms with Gasteiger partial charge in [-0.2, -0.15) is 0 Å². The largest absolute Gasteiger partial charge is 0.335 e. The van der Waals surface area contributed by atoms with Crippen LogP contribution in [0.15, 0.2) is 31.8 Å². The number of rotatable bonds is 4. The van der Waals surface area contributed by atoms with Gasteiger partial charge in [0.2, 0.25) is 0 Å². The zero-order chi connectivity index (χ0) is 19.3. The van der Waals surface area contributed by atoms with Gasteiger partial charge in [0.25, 0.3) is 11.1 Å². The standard InChI is InChI=1S/C16H14N8O4/c1-8(2-19-4-17-11-9(19)13(25)23-6-21(11)15(23)27)3-20-5-18-12-10(20)14(26)24-7-22(12)16(24)28/h4-5,8H,2-3,6-7H2,1H3. The Morgan fingerprint density at radius 1 is 0.786 bits per heavy atom. The van der Waals surface area contributed by atoms with Crippen molar-refractivity contribution in [3.63, 3.8) is 0 Å². The highest BCUT2D eigenvalue weighted by atomic mass is 16.2. The van der Waals surface area contributed by atoms with Gasteiger partial charge in [0, 0.05) is 13.1 Å². The maximum Gasteiger partial charge on any atom is 0.335 e. The fourth-order valence-corrected chi connectivity index (χ4v) is 4.12. The van der Waals surface area contributed by atoms with E-state index in [9.17, 15) is 19.2 Å². The van der Waals surface area contributed by atoms with Gasteiger partial charge in [-0.3, -0.25) is 18.7 Å². The van der Waals surface area contributed by atoms with Gasteiger partial charge < -0.3 is 9.13 Å². The maximum atomic E-state index is 12.5. The molecule has 0 fully saturated rings. The van der Waals surface area contributed by atoms with Crippen LogP contribution < -0.4 is 22.5 Å². The third-order valence-electron chi connectivity index (χ3n) is 5.55. The van der Waals surface area contributed by atoms with Gasteiger partial charge >= 0.3 is 11.4 Å². The molecule has 4 aromatic rings. The fraction of sp³-hybridized carbons (Fsp3) is 0.375. The van der Waals surface area contributed by atoms with E-state index in [4.69, 9.17) is 0 Å². The summed E-state index contributed by atoms with van der Waals surface area (Å²) in [5.41, 5.74) is 0.285. The summed E-state index contributed by atoms with van der Waals surface area (Å²) in [6.07, 6.45) is 3.13. The fourth-order valence-electron chi connectivity index (χ4n) is 4.12. The molecule has 8 heterocycles. The highest BCUT2D eigenvalue weighted by molar-refractivity contribution is 5.72. The van der Waals surface area contributed by atoms with Crippen LogP contribution in [-0.4, -0.2) is 37.4 Å². The minimum Gasteiger partial charge on any atom is -0.324 e. The molecule has 0 amide bonds. The van der Waals surface area contributed by atoms with Crippen LogP contribution in [0.4, 0.5) is 0 Å². The molecule has 0 saturated carbocycles. The summed E-state index contributed by atoms with van der Waals surface area (Å²) in [6.45, 7) is 3.46. The number of nitrogens with zero attached hydrogens (tertiary/aromatic N) is 8. The van der Waals surface area contributed by atoms with Gasteiger partial charge in [-0.25, -0.2) is 28.7 Å². The minimum atomic E-state index is -0.336. The van der Waals surface area contributed by atoms with Crippen molar-refractivity contribution in [1.82, 2.24) is 37.4 Å². The summed E-state index contributed by atoms with van der Waals surface area (Å²) in [6, 6.07) is 0. The van der Waals surface area contributed by atoms with Crippen molar-refractivity contribution in [3.05, 3.63) is 54.3 Å². The van der Waals surface area contributed by atoms with Crippen molar-refractivity contribution >= 4 is 22.3 Å². The van der Waals surface area contributed by atoms with Crippen LogP contribution >= 0.6 is 0 Å². The summed E-state index contributed by atoms with van der Waals surface area (Å²) in [4.78, 5) is 57.0. The molecule has 4 aliphatic heterocycles. The Bertz CT molecular complexity index is 1460. The zero-order valence-electron chi connectivity index (χ0n) is 14.8. The summed E-state index contributed by atoms with van der Waals surface area (Å²) in [5, 5.41) is 0. The molecule has 0 aliphatic carbocycles. The van der Waals surface area contributed by atoms with E-state index in [0.29, 0.717) is 35.4 Å². The predicted octanol–water partition coefficient (Wildman–Crippen LogP) is -1.99. The average Bonchev–Trinajstić information content (AvgIpc) is 3.26. The zero-order valence-corrected chi connectivity index (χ0v) is 14.8. The van der Waals surface area contributed by atoms with Gasteiger partial charge in [-0.15, -0.1) is 0 Å². The SMILES string of the molecule is CC(Cn1cnc2c1c(=O)n1c(=O)n2C1)Cn1cnc2c1c(=O)n1c(=O)n2C1. The predicted molar refractivity (Wildman–Crippen MR) is 96.5 cm³/mol. The number of hydrogen-bond acceptors (Lipinski definition) is 6. The summed E-state index contributed by atoms with van der Waals surface area (Å²) in [5.74, 6) is 0.0371. The Morgan fingerprint density at radius 3 is 1.61 bits per heavy atom. The lowest BCUT2D eigenvalue weighted by Crippen LogP contribution is -2.52. The number of imidazole rings is 2. The second kappa shape index (κ2) is 4.77. The monoisotopic (exact) mass is 382 g/mol. The number of hydrogen-bond donors (Lipinski definition) is 0. The smallest absolute Gasteiger partial charge is 0.324 e. The lowest BCUT2D eigenvalue weighted by molar-refractivity contribution is 0.413. The molecule has 4 aromatic heterocycles. The summed E-state index contributed by atoms with van der Waals surface area (Å²) >= 11 is 0. The van der Waals surface area contributed by atoms with E-state index in [1.165, 1.54) is 18.3 Å². The maximum absolute atomic E-state index is 12.5. The molecule has 12 heteroatoms. The van der Waals surface area contributed by atoms with Crippen LogP contribution in [0.1, 0.15) is 6.92 Å². The van der Waals surface area contributed by atoms with E-state index in [1.54, 1.807) is 21.8 Å². The first-order valence-electron chi connectivity index (χ1n) is 8.82. The number of aromatic nitrogens is 8. The van der Waals surface area contributed by atoms with Crippen molar-refractivity contribution in [1.29, 1.82) is 0 Å².